The third-order valence-electron chi connectivity index (χ3n) is 3.40. The van der Waals surface area contributed by atoms with E-state index in [9.17, 15) is 0 Å². The van der Waals surface area contributed by atoms with Crippen LogP contribution in [-0.2, 0) is 7.05 Å². The van der Waals surface area contributed by atoms with Gasteiger partial charge in [0.1, 0.15) is 11.6 Å². The molecule has 1 aromatic heterocycles. The van der Waals surface area contributed by atoms with Crippen molar-refractivity contribution in [2.24, 2.45) is 13.0 Å². The summed E-state index contributed by atoms with van der Waals surface area (Å²) < 4.78 is 7.34. The standard InChI is InChI=1S/C14H16ClN3O/c1-18-14(16)11(7-17-18)10-4-5-13(12(15)6-10)19-8-9-2-3-9/h4-7,9H,2-3,8,16H2,1H3. The molecule has 1 saturated carbocycles. The zero-order chi connectivity index (χ0) is 13.4. The van der Waals surface area contributed by atoms with Gasteiger partial charge < -0.3 is 10.5 Å². The lowest BCUT2D eigenvalue weighted by atomic mass is 10.1. The smallest absolute Gasteiger partial charge is 0.137 e. The Hall–Kier alpha value is -1.68. The Balaban J connectivity index is 1.83. The van der Waals surface area contributed by atoms with Crippen molar-refractivity contribution in [1.82, 2.24) is 9.78 Å². The van der Waals surface area contributed by atoms with E-state index in [0.29, 0.717) is 16.8 Å². The number of halogens is 1. The summed E-state index contributed by atoms with van der Waals surface area (Å²) >= 11 is 6.25. The molecule has 2 aromatic rings. The molecule has 4 nitrogen and oxygen atoms in total. The van der Waals surface area contributed by atoms with E-state index in [4.69, 9.17) is 22.1 Å². The van der Waals surface area contributed by atoms with Crippen LogP contribution in [0.15, 0.2) is 24.4 Å². The number of aryl methyl sites for hydroxylation is 1. The summed E-state index contributed by atoms with van der Waals surface area (Å²) in [4.78, 5) is 0. The van der Waals surface area contributed by atoms with Crippen molar-refractivity contribution in [2.45, 2.75) is 12.8 Å². The van der Waals surface area contributed by atoms with E-state index < -0.39 is 0 Å². The number of benzene rings is 1. The number of hydrogen-bond acceptors (Lipinski definition) is 3. The van der Waals surface area contributed by atoms with Crippen molar-refractivity contribution in [3.05, 3.63) is 29.4 Å². The number of nitrogens with zero attached hydrogens (tertiary/aromatic N) is 2. The molecule has 0 atom stereocenters. The second-order valence-corrected chi connectivity index (χ2v) is 5.37. The summed E-state index contributed by atoms with van der Waals surface area (Å²) in [5.74, 6) is 2.08. The van der Waals surface area contributed by atoms with Crippen LogP contribution in [0.1, 0.15) is 12.8 Å². The largest absolute Gasteiger partial charge is 0.492 e. The van der Waals surface area contributed by atoms with Gasteiger partial charge in [-0.1, -0.05) is 17.7 Å². The number of nitrogen functional groups attached to an aromatic ring is 1. The molecule has 0 radical (unpaired) electrons. The molecule has 1 aliphatic carbocycles. The summed E-state index contributed by atoms with van der Waals surface area (Å²) in [6.45, 7) is 0.758. The molecule has 1 heterocycles. The van der Waals surface area contributed by atoms with Crippen molar-refractivity contribution in [3.8, 4) is 16.9 Å². The Morgan fingerprint density at radius 2 is 2.26 bits per heavy atom. The minimum Gasteiger partial charge on any atom is -0.492 e. The number of rotatable bonds is 4. The monoisotopic (exact) mass is 277 g/mol. The van der Waals surface area contributed by atoms with Crippen molar-refractivity contribution >= 4 is 17.4 Å². The molecule has 19 heavy (non-hydrogen) atoms. The van der Waals surface area contributed by atoms with E-state index in [2.05, 4.69) is 5.10 Å². The van der Waals surface area contributed by atoms with E-state index in [0.717, 1.165) is 23.5 Å². The Bertz CT molecular complexity index is 605. The SMILES string of the molecule is Cn1ncc(-c2ccc(OCC3CC3)c(Cl)c2)c1N. The number of ether oxygens (including phenoxy) is 1. The average molecular weight is 278 g/mol. The molecule has 3 rings (SSSR count). The first kappa shape index (κ1) is 12.4. The van der Waals surface area contributed by atoms with Gasteiger partial charge in [0.25, 0.3) is 0 Å². The normalized spacial score (nSPS) is 14.6. The average Bonchev–Trinajstić information content (AvgIpc) is 3.16. The molecular formula is C14H16ClN3O. The molecule has 0 saturated heterocycles. The van der Waals surface area contributed by atoms with Crippen LogP contribution in [0.4, 0.5) is 5.82 Å². The van der Waals surface area contributed by atoms with Gasteiger partial charge in [0.05, 0.1) is 17.8 Å². The lowest BCUT2D eigenvalue weighted by molar-refractivity contribution is 0.300. The van der Waals surface area contributed by atoms with Crippen LogP contribution in [0.25, 0.3) is 11.1 Å². The molecule has 1 aromatic carbocycles. The highest BCUT2D eigenvalue weighted by Gasteiger charge is 2.22. The van der Waals surface area contributed by atoms with Crippen LogP contribution in [0.5, 0.6) is 5.75 Å². The van der Waals surface area contributed by atoms with Gasteiger partial charge in [0.15, 0.2) is 0 Å². The minimum absolute atomic E-state index is 0.612. The Morgan fingerprint density at radius 1 is 1.47 bits per heavy atom. The summed E-state index contributed by atoms with van der Waals surface area (Å²) in [6, 6.07) is 5.73. The number of hydrogen-bond donors (Lipinski definition) is 1. The molecular weight excluding hydrogens is 262 g/mol. The molecule has 0 unspecified atom stereocenters. The maximum atomic E-state index is 6.25. The topological polar surface area (TPSA) is 53.1 Å². The van der Waals surface area contributed by atoms with Crippen LogP contribution in [0, 0.1) is 5.92 Å². The molecule has 0 aliphatic heterocycles. The van der Waals surface area contributed by atoms with E-state index >= 15 is 0 Å². The second-order valence-electron chi connectivity index (χ2n) is 4.97. The summed E-state index contributed by atoms with van der Waals surface area (Å²) in [5, 5.41) is 4.74. The second kappa shape index (κ2) is 4.78. The fourth-order valence-electron chi connectivity index (χ4n) is 1.95. The molecule has 5 heteroatoms. The van der Waals surface area contributed by atoms with Crippen LogP contribution < -0.4 is 10.5 Å². The third kappa shape index (κ3) is 2.54. The predicted molar refractivity (Wildman–Crippen MR) is 76.3 cm³/mol. The van der Waals surface area contributed by atoms with Gasteiger partial charge in [0, 0.05) is 12.6 Å². The lowest BCUT2D eigenvalue weighted by Crippen LogP contribution is -2.00. The molecule has 1 fully saturated rings. The Kier molecular flexibility index (Phi) is 3.11. The lowest BCUT2D eigenvalue weighted by Gasteiger charge is -2.09. The van der Waals surface area contributed by atoms with E-state index in [1.807, 2.05) is 25.2 Å². The van der Waals surface area contributed by atoms with Crippen molar-refractivity contribution in [3.63, 3.8) is 0 Å². The van der Waals surface area contributed by atoms with Crippen molar-refractivity contribution in [2.75, 3.05) is 12.3 Å². The first-order chi connectivity index (χ1) is 9.15. The predicted octanol–water partition coefficient (Wildman–Crippen LogP) is 3.11. The molecule has 0 amide bonds. The minimum atomic E-state index is 0.612. The highest BCUT2D eigenvalue weighted by atomic mass is 35.5. The maximum Gasteiger partial charge on any atom is 0.137 e. The number of anilines is 1. The first-order valence-electron chi connectivity index (χ1n) is 6.35. The van der Waals surface area contributed by atoms with E-state index in [-0.39, 0.29) is 0 Å². The van der Waals surface area contributed by atoms with Gasteiger partial charge in [-0.3, -0.25) is 4.68 Å². The van der Waals surface area contributed by atoms with Crippen LogP contribution in [0.3, 0.4) is 0 Å². The van der Waals surface area contributed by atoms with E-state index in [1.54, 1.807) is 10.9 Å². The van der Waals surface area contributed by atoms with Gasteiger partial charge >= 0.3 is 0 Å². The van der Waals surface area contributed by atoms with Gasteiger partial charge in [-0.15, -0.1) is 0 Å². The molecule has 100 valence electrons. The zero-order valence-electron chi connectivity index (χ0n) is 10.8. The van der Waals surface area contributed by atoms with Gasteiger partial charge in [-0.25, -0.2) is 0 Å². The Labute approximate surface area is 117 Å². The van der Waals surface area contributed by atoms with Crippen molar-refractivity contribution < 1.29 is 4.74 Å². The highest BCUT2D eigenvalue weighted by Crippen LogP contribution is 2.35. The molecule has 0 bridgehead atoms. The van der Waals surface area contributed by atoms with Gasteiger partial charge in [-0.05, 0) is 36.5 Å². The summed E-state index contributed by atoms with van der Waals surface area (Å²) in [5.41, 5.74) is 7.80. The van der Waals surface area contributed by atoms with Crippen LogP contribution in [0.2, 0.25) is 5.02 Å². The van der Waals surface area contributed by atoms with Crippen LogP contribution in [-0.4, -0.2) is 16.4 Å². The molecule has 0 spiro atoms. The van der Waals surface area contributed by atoms with Gasteiger partial charge in [0.2, 0.25) is 0 Å². The maximum absolute atomic E-state index is 6.25. The highest BCUT2D eigenvalue weighted by molar-refractivity contribution is 6.32. The summed E-state index contributed by atoms with van der Waals surface area (Å²) in [6.07, 6.45) is 4.27. The fraction of sp³-hybridized carbons (Fsp3) is 0.357. The summed E-state index contributed by atoms with van der Waals surface area (Å²) in [7, 11) is 1.81. The third-order valence-corrected chi connectivity index (χ3v) is 3.69. The van der Waals surface area contributed by atoms with Gasteiger partial charge in [-0.2, -0.15) is 5.10 Å². The van der Waals surface area contributed by atoms with Crippen LogP contribution >= 0.6 is 11.6 Å². The number of nitrogens with two attached hydrogens (primary N) is 1. The number of aromatic nitrogens is 2. The quantitative estimate of drug-likeness (QED) is 0.934. The fourth-order valence-corrected chi connectivity index (χ4v) is 2.18. The Morgan fingerprint density at radius 3 is 2.84 bits per heavy atom. The first-order valence-corrected chi connectivity index (χ1v) is 6.73. The zero-order valence-corrected chi connectivity index (χ0v) is 11.5. The molecule has 1 aliphatic rings. The molecule has 2 N–H and O–H groups in total. The van der Waals surface area contributed by atoms with Crippen molar-refractivity contribution in [1.29, 1.82) is 0 Å². The van der Waals surface area contributed by atoms with E-state index in [1.165, 1.54) is 12.8 Å².